The molecule has 0 atom stereocenters. The minimum absolute atomic E-state index is 0.0175. The minimum atomic E-state index is -0.327. The van der Waals surface area contributed by atoms with Crippen LogP contribution in [0.25, 0.3) is 0 Å². The highest BCUT2D eigenvalue weighted by atomic mass is 35.5. The average molecular weight is 333 g/mol. The molecule has 0 bridgehead atoms. The fourth-order valence-electron chi connectivity index (χ4n) is 1.61. The van der Waals surface area contributed by atoms with E-state index in [0.717, 1.165) is 0 Å². The van der Waals surface area contributed by atoms with Crippen LogP contribution >= 0.6 is 34.8 Å². The van der Waals surface area contributed by atoms with Gasteiger partial charge >= 0.3 is 0 Å². The van der Waals surface area contributed by atoms with Crippen molar-refractivity contribution in [3.8, 4) is 5.75 Å². The number of amides is 1. The normalized spacial score (nSPS) is 10.3. The molecule has 2 N–H and O–H groups in total. The molecule has 1 heterocycles. The van der Waals surface area contributed by atoms with Crippen LogP contribution in [-0.2, 0) is 11.3 Å². The topological polar surface area (TPSA) is 53.2 Å². The van der Waals surface area contributed by atoms with Gasteiger partial charge in [-0.15, -0.1) is 0 Å². The number of nitrogens with zero attached hydrogens (tertiary/aromatic N) is 1. The number of hydrogen-bond acceptors (Lipinski definition) is 2. The highest BCUT2D eigenvalue weighted by Gasteiger charge is 2.14. The van der Waals surface area contributed by atoms with Crippen molar-refractivity contribution in [2.24, 2.45) is 0 Å². The quantitative estimate of drug-likeness (QED) is 0.848. The molecular weight excluding hydrogens is 323 g/mol. The fraction of sp³-hybridized carbons (Fsp3) is 0.0769. The van der Waals surface area contributed by atoms with Crippen molar-refractivity contribution in [1.82, 2.24) is 0 Å². The van der Waals surface area contributed by atoms with Gasteiger partial charge in [-0.3, -0.25) is 4.79 Å². The third-order valence-electron chi connectivity index (χ3n) is 2.44. The molecule has 20 heavy (non-hydrogen) atoms. The van der Waals surface area contributed by atoms with E-state index in [0.29, 0.717) is 10.7 Å². The van der Waals surface area contributed by atoms with Gasteiger partial charge in [-0.05, 0) is 18.2 Å². The first-order valence-corrected chi connectivity index (χ1v) is 6.71. The molecule has 7 heteroatoms. The van der Waals surface area contributed by atoms with Gasteiger partial charge in [-0.1, -0.05) is 34.8 Å². The first kappa shape index (κ1) is 14.9. The SMILES string of the molecule is O=C(C[n+]1cccc(O)c1)Nc1c(Cl)cc(Cl)cc1Cl. The monoisotopic (exact) mass is 331 g/mol. The van der Waals surface area contributed by atoms with Crippen molar-refractivity contribution in [3.63, 3.8) is 0 Å². The van der Waals surface area contributed by atoms with Crippen LogP contribution in [-0.4, -0.2) is 11.0 Å². The molecule has 0 saturated heterocycles. The summed E-state index contributed by atoms with van der Waals surface area (Å²) >= 11 is 17.7. The van der Waals surface area contributed by atoms with Crippen LogP contribution in [0.1, 0.15) is 0 Å². The van der Waals surface area contributed by atoms with Gasteiger partial charge in [0.25, 0.3) is 5.91 Å². The molecule has 1 aromatic carbocycles. The molecule has 0 saturated carbocycles. The number of anilines is 1. The molecule has 2 rings (SSSR count). The van der Waals surface area contributed by atoms with Gasteiger partial charge in [0.1, 0.15) is 0 Å². The molecule has 104 valence electrons. The van der Waals surface area contributed by atoms with Crippen molar-refractivity contribution >= 4 is 46.4 Å². The molecule has 1 amide bonds. The number of benzene rings is 1. The van der Waals surface area contributed by atoms with Crippen molar-refractivity contribution in [2.45, 2.75) is 6.54 Å². The molecule has 0 aliphatic carbocycles. The first-order valence-electron chi connectivity index (χ1n) is 5.58. The second kappa shape index (κ2) is 6.31. The lowest BCUT2D eigenvalue weighted by atomic mass is 10.3. The van der Waals surface area contributed by atoms with Crippen LogP contribution in [0.3, 0.4) is 0 Å². The van der Waals surface area contributed by atoms with Crippen LogP contribution in [0.15, 0.2) is 36.7 Å². The molecule has 0 aliphatic heterocycles. The van der Waals surface area contributed by atoms with E-state index in [1.54, 1.807) is 12.3 Å². The maximum atomic E-state index is 11.9. The lowest BCUT2D eigenvalue weighted by Gasteiger charge is -2.08. The summed E-state index contributed by atoms with van der Waals surface area (Å²) in [5.74, 6) is -0.255. The van der Waals surface area contributed by atoms with Crippen molar-refractivity contribution < 1.29 is 14.5 Å². The lowest BCUT2D eigenvalue weighted by molar-refractivity contribution is -0.684. The zero-order valence-corrected chi connectivity index (χ0v) is 12.4. The third-order valence-corrected chi connectivity index (χ3v) is 3.25. The van der Waals surface area contributed by atoms with E-state index in [9.17, 15) is 9.90 Å². The number of halogens is 3. The Balaban J connectivity index is 2.13. The molecule has 0 unspecified atom stereocenters. The fourth-order valence-corrected chi connectivity index (χ4v) is 2.52. The predicted octanol–water partition coefficient (Wildman–Crippen LogP) is 3.28. The Bertz CT molecular complexity index is 639. The minimum Gasteiger partial charge on any atom is -0.503 e. The van der Waals surface area contributed by atoms with Crippen molar-refractivity contribution in [3.05, 3.63) is 51.7 Å². The molecule has 0 spiro atoms. The summed E-state index contributed by atoms with van der Waals surface area (Å²) in [4.78, 5) is 11.9. The summed E-state index contributed by atoms with van der Waals surface area (Å²) in [6.07, 6.45) is 3.09. The van der Waals surface area contributed by atoms with Crippen LogP contribution in [0.5, 0.6) is 5.75 Å². The van der Waals surface area contributed by atoms with Gasteiger partial charge in [0.15, 0.2) is 11.9 Å². The van der Waals surface area contributed by atoms with Gasteiger partial charge in [-0.25, -0.2) is 0 Å². The van der Waals surface area contributed by atoms with Crippen LogP contribution < -0.4 is 9.88 Å². The number of aromatic nitrogens is 1. The Hall–Kier alpha value is -1.49. The lowest BCUT2D eigenvalue weighted by Crippen LogP contribution is -2.39. The highest BCUT2D eigenvalue weighted by Crippen LogP contribution is 2.33. The second-order valence-electron chi connectivity index (χ2n) is 4.03. The number of nitrogens with one attached hydrogen (secondary N) is 1. The third kappa shape index (κ3) is 3.76. The van der Waals surface area contributed by atoms with Crippen molar-refractivity contribution in [2.75, 3.05) is 5.32 Å². The standard InChI is InChI=1S/C13H9Cl3N2O2/c14-8-4-10(15)13(11(16)5-8)17-12(20)7-18-3-1-2-9(19)6-18/h1-6H,7H2,(H-,17,19,20)/p+1. The molecule has 0 fully saturated rings. The number of rotatable bonds is 3. The maximum Gasteiger partial charge on any atom is 0.290 e. The zero-order valence-electron chi connectivity index (χ0n) is 10.1. The maximum absolute atomic E-state index is 11.9. The molecule has 0 radical (unpaired) electrons. The number of pyridine rings is 1. The van der Waals surface area contributed by atoms with E-state index < -0.39 is 0 Å². The molecule has 4 nitrogen and oxygen atoms in total. The number of carbonyl (C=O) groups excluding carboxylic acids is 1. The number of hydrogen-bond donors (Lipinski definition) is 2. The highest BCUT2D eigenvalue weighted by molar-refractivity contribution is 6.42. The zero-order chi connectivity index (χ0) is 14.7. The van der Waals surface area contributed by atoms with E-state index in [1.807, 2.05) is 0 Å². The van der Waals surface area contributed by atoms with Gasteiger partial charge in [0.2, 0.25) is 12.7 Å². The van der Waals surface area contributed by atoms with Crippen LogP contribution in [0, 0.1) is 0 Å². The smallest absolute Gasteiger partial charge is 0.290 e. The van der Waals surface area contributed by atoms with Gasteiger partial charge < -0.3 is 10.4 Å². The summed E-state index contributed by atoms with van der Waals surface area (Å²) in [6, 6.07) is 6.13. The van der Waals surface area contributed by atoms with E-state index >= 15 is 0 Å². The summed E-state index contributed by atoms with van der Waals surface area (Å²) in [7, 11) is 0. The predicted molar refractivity (Wildman–Crippen MR) is 78.4 cm³/mol. The van der Waals surface area contributed by atoms with Crippen molar-refractivity contribution in [1.29, 1.82) is 0 Å². The second-order valence-corrected chi connectivity index (χ2v) is 5.28. The van der Waals surface area contributed by atoms with E-state index in [1.165, 1.54) is 29.0 Å². The van der Waals surface area contributed by atoms with Crippen LogP contribution in [0.2, 0.25) is 15.1 Å². The van der Waals surface area contributed by atoms with Gasteiger partial charge in [-0.2, -0.15) is 4.57 Å². The Morgan fingerprint density at radius 3 is 2.50 bits per heavy atom. The summed E-state index contributed by atoms with van der Waals surface area (Å²) in [5.41, 5.74) is 0.309. The largest absolute Gasteiger partial charge is 0.503 e. The Kier molecular flexibility index (Phi) is 4.70. The van der Waals surface area contributed by atoms with Crippen LogP contribution in [0.4, 0.5) is 5.69 Å². The Morgan fingerprint density at radius 1 is 1.25 bits per heavy atom. The van der Waals surface area contributed by atoms with Gasteiger partial charge in [0, 0.05) is 11.1 Å². The Labute approximate surface area is 130 Å². The average Bonchev–Trinajstić information content (AvgIpc) is 2.33. The molecule has 0 aliphatic rings. The number of aromatic hydroxyl groups is 1. The van der Waals surface area contributed by atoms with Gasteiger partial charge in [0.05, 0.1) is 15.7 Å². The van der Waals surface area contributed by atoms with E-state index in [-0.39, 0.29) is 28.2 Å². The summed E-state index contributed by atoms with van der Waals surface area (Å²) < 4.78 is 1.53. The van der Waals surface area contributed by atoms with E-state index in [2.05, 4.69) is 5.32 Å². The first-order chi connectivity index (χ1) is 9.45. The summed E-state index contributed by atoms with van der Waals surface area (Å²) in [6.45, 7) is 0.0175. The summed E-state index contributed by atoms with van der Waals surface area (Å²) in [5, 5.41) is 12.8. The molecule has 2 aromatic rings. The van der Waals surface area contributed by atoms with E-state index in [4.69, 9.17) is 34.8 Å². The number of carbonyl (C=O) groups is 1. The Morgan fingerprint density at radius 2 is 1.90 bits per heavy atom. The molecule has 1 aromatic heterocycles. The molecular formula is C13H10Cl3N2O2+.